The summed E-state index contributed by atoms with van der Waals surface area (Å²) in [5.41, 5.74) is 1.02. The van der Waals surface area contributed by atoms with Crippen LogP contribution in [0.1, 0.15) is 25.4 Å². The molecule has 0 aromatic carbocycles. The number of likely N-dealkylation sites (N-methyl/N-ethyl adjacent to an activating group) is 1. The molecule has 0 bridgehead atoms. The molecule has 0 amide bonds. The van der Waals surface area contributed by atoms with Crippen LogP contribution in [-0.4, -0.2) is 29.7 Å². The summed E-state index contributed by atoms with van der Waals surface area (Å²) in [5.74, 6) is 1.40. The molecule has 1 aromatic rings. The van der Waals surface area contributed by atoms with Crippen molar-refractivity contribution in [3.8, 4) is 5.88 Å². The lowest BCUT2D eigenvalue weighted by Crippen LogP contribution is -2.28. The van der Waals surface area contributed by atoms with Gasteiger partial charge in [0.25, 0.3) is 0 Å². The van der Waals surface area contributed by atoms with E-state index < -0.39 is 0 Å². The highest BCUT2D eigenvalue weighted by Crippen LogP contribution is 2.10. The van der Waals surface area contributed by atoms with E-state index in [4.69, 9.17) is 4.74 Å². The Balaban J connectivity index is 2.71. The first-order chi connectivity index (χ1) is 7.15. The van der Waals surface area contributed by atoms with E-state index in [2.05, 4.69) is 29.1 Å². The first-order valence-electron chi connectivity index (χ1n) is 5.27. The minimum atomic E-state index is 0.425. The third-order valence-electron chi connectivity index (χ3n) is 2.14. The summed E-state index contributed by atoms with van der Waals surface area (Å²) in [4.78, 5) is 8.52. The summed E-state index contributed by atoms with van der Waals surface area (Å²) in [6, 6.07) is 2.31. The highest BCUT2D eigenvalue weighted by Gasteiger charge is 2.06. The quantitative estimate of drug-likeness (QED) is 0.795. The van der Waals surface area contributed by atoms with Crippen molar-refractivity contribution >= 4 is 0 Å². The van der Waals surface area contributed by atoms with Crippen LogP contribution < -0.4 is 10.1 Å². The van der Waals surface area contributed by atoms with Crippen LogP contribution in [0.15, 0.2) is 6.07 Å². The molecule has 1 heterocycles. The molecule has 0 fully saturated rings. The first kappa shape index (κ1) is 11.9. The number of aryl methyl sites for hydroxylation is 1. The molecule has 15 heavy (non-hydrogen) atoms. The SMILES string of the molecule is CCNC(C)Cc1cc(OC)nc(C)n1. The third-order valence-corrected chi connectivity index (χ3v) is 2.14. The Morgan fingerprint density at radius 2 is 2.20 bits per heavy atom. The molecular formula is C11H19N3O. The van der Waals surface area contributed by atoms with Gasteiger partial charge in [-0.3, -0.25) is 0 Å². The van der Waals surface area contributed by atoms with Gasteiger partial charge in [0.1, 0.15) is 5.82 Å². The van der Waals surface area contributed by atoms with Crippen LogP contribution in [-0.2, 0) is 6.42 Å². The van der Waals surface area contributed by atoms with E-state index in [1.807, 2.05) is 13.0 Å². The lowest BCUT2D eigenvalue weighted by Gasteiger charge is -2.12. The number of aromatic nitrogens is 2. The second-order valence-corrected chi connectivity index (χ2v) is 3.61. The normalized spacial score (nSPS) is 12.5. The van der Waals surface area contributed by atoms with Crippen molar-refractivity contribution in [3.63, 3.8) is 0 Å². The van der Waals surface area contributed by atoms with Gasteiger partial charge in [-0.15, -0.1) is 0 Å². The van der Waals surface area contributed by atoms with Gasteiger partial charge < -0.3 is 10.1 Å². The second kappa shape index (κ2) is 5.66. The fourth-order valence-electron chi connectivity index (χ4n) is 1.54. The van der Waals surface area contributed by atoms with Crippen molar-refractivity contribution in [1.29, 1.82) is 0 Å². The van der Waals surface area contributed by atoms with Gasteiger partial charge in [-0.2, -0.15) is 4.98 Å². The van der Waals surface area contributed by atoms with Gasteiger partial charge in [-0.25, -0.2) is 4.98 Å². The molecule has 1 aromatic heterocycles. The van der Waals surface area contributed by atoms with Crippen LogP contribution >= 0.6 is 0 Å². The number of nitrogens with one attached hydrogen (secondary N) is 1. The van der Waals surface area contributed by atoms with Crippen molar-refractivity contribution < 1.29 is 4.74 Å². The predicted molar refractivity (Wildman–Crippen MR) is 60.2 cm³/mol. The molecule has 0 aliphatic rings. The van der Waals surface area contributed by atoms with Crippen LogP contribution in [0.4, 0.5) is 0 Å². The molecule has 1 rings (SSSR count). The van der Waals surface area contributed by atoms with Gasteiger partial charge in [0.2, 0.25) is 5.88 Å². The van der Waals surface area contributed by atoms with Crippen LogP contribution in [0, 0.1) is 6.92 Å². The summed E-state index contributed by atoms with van der Waals surface area (Å²) in [6.45, 7) is 7.10. The van der Waals surface area contributed by atoms with E-state index in [0.29, 0.717) is 11.9 Å². The summed E-state index contributed by atoms with van der Waals surface area (Å²) in [6.07, 6.45) is 0.896. The monoisotopic (exact) mass is 209 g/mol. The Morgan fingerprint density at radius 1 is 1.47 bits per heavy atom. The van der Waals surface area contributed by atoms with E-state index in [1.165, 1.54) is 0 Å². The average molecular weight is 209 g/mol. The Bertz CT molecular complexity index is 315. The minimum absolute atomic E-state index is 0.425. The lowest BCUT2D eigenvalue weighted by atomic mass is 10.2. The van der Waals surface area contributed by atoms with Crippen molar-refractivity contribution in [3.05, 3.63) is 17.6 Å². The molecule has 0 saturated carbocycles. The van der Waals surface area contributed by atoms with Gasteiger partial charge in [-0.1, -0.05) is 6.92 Å². The number of nitrogens with zero attached hydrogens (tertiary/aromatic N) is 2. The fourth-order valence-corrected chi connectivity index (χ4v) is 1.54. The largest absolute Gasteiger partial charge is 0.481 e. The molecule has 0 aliphatic carbocycles. The maximum atomic E-state index is 5.11. The van der Waals surface area contributed by atoms with E-state index in [-0.39, 0.29) is 0 Å². The molecule has 0 aliphatic heterocycles. The molecule has 4 nitrogen and oxygen atoms in total. The van der Waals surface area contributed by atoms with Gasteiger partial charge in [0, 0.05) is 24.2 Å². The standard InChI is InChI=1S/C11H19N3O/c1-5-12-8(2)6-10-7-11(15-4)14-9(3)13-10/h7-8,12H,5-6H2,1-4H3. The lowest BCUT2D eigenvalue weighted by molar-refractivity contribution is 0.394. The Hall–Kier alpha value is -1.16. The first-order valence-corrected chi connectivity index (χ1v) is 5.27. The van der Waals surface area contributed by atoms with Gasteiger partial charge >= 0.3 is 0 Å². The molecule has 0 saturated heterocycles. The van der Waals surface area contributed by atoms with Crippen molar-refractivity contribution in [1.82, 2.24) is 15.3 Å². The molecule has 1 unspecified atom stereocenters. The Kier molecular flexibility index (Phi) is 4.49. The molecule has 1 atom stereocenters. The Morgan fingerprint density at radius 3 is 2.80 bits per heavy atom. The molecular weight excluding hydrogens is 190 g/mol. The van der Waals surface area contributed by atoms with Crippen molar-refractivity contribution in [2.75, 3.05) is 13.7 Å². The van der Waals surface area contributed by atoms with E-state index in [9.17, 15) is 0 Å². The average Bonchev–Trinajstić information content (AvgIpc) is 2.17. The maximum Gasteiger partial charge on any atom is 0.216 e. The van der Waals surface area contributed by atoms with Crippen molar-refractivity contribution in [2.45, 2.75) is 33.2 Å². The summed E-state index contributed by atoms with van der Waals surface area (Å²) in [7, 11) is 1.62. The molecule has 0 radical (unpaired) electrons. The zero-order valence-electron chi connectivity index (χ0n) is 9.87. The topological polar surface area (TPSA) is 47.0 Å². The molecule has 4 heteroatoms. The summed E-state index contributed by atoms with van der Waals surface area (Å²) in [5, 5.41) is 3.35. The second-order valence-electron chi connectivity index (χ2n) is 3.61. The van der Waals surface area contributed by atoms with Crippen LogP contribution in [0.25, 0.3) is 0 Å². The number of methoxy groups -OCH3 is 1. The Labute approximate surface area is 91.1 Å². The molecule has 0 spiro atoms. The summed E-state index contributed by atoms with van der Waals surface area (Å²) >= 11 is 0. The smallest absolute Gasteiger partial charge is 0.216 e. The van der Waals surface area contributed by atoms with Gasteiger partial charge in [0.05, 0.1) is 7.11 Å². The van der Waals surface area contributed by atoms with E-state index >= 15 is 0 Å². The van der Waals surface area contributed by atoms with Gasteiger partial charge in [0.15, 0.2) is 0 Å². The van der Waals surface area contributed by atoms with E-state index in [0.717, 1.165) is 24.5 Å². The van der Waals surface area contributed by atoms with Crippen molar-refractivity contribution in [2.24, 2.45) is 0 Å². The zero-order valence-corrected chi connectivity index (χ0v) is 9.87. The van der Waals surface area contributed by atoms with Crippen LogP contribution in [0.5, 0.6) is 5.88 Å². The molecule has 1 N–H and O–H groups in total. The highest BCUT2D eigenvalue weighted by atomic mass is 16.5. The zero-order chi connectivity index (χ0) is 11.3. The number of hydrogen-bond donors (Lipinski definition) is 1. The third kappa shape index (κ3) is 3.83. The van der Waals surface area contributed by atoms with Crippen LogP contribution in [0.2, 0.25) is 0 Å². The fraction of sp³-hybridized carbons (Fsp3) is 0.636. The molecule has 84 valence electrons. The maximum absolute atomic E-state index is 5.11. The highest BCUT2D eigenvalue weighted by molar-refractivity contribution is 5.16. The number of ether oxygens (including phenoxy) is 1. The van der Waals surface area contributed by atoms with Gasteiger partial charge in [-0.05, 0) is 20.4 Å². The predicted octanol–water partition coefficient (Wildman–Crippen LogP) is 1.33. The minimum Gasteiger partial charge on any atom is -0.481 e. The number of rotatable bonds is 5. The van der Waals surface area contributed by atoms with Crippen LogP contribution in [0.3, 0.4) is 0 Å². The number of hydrogen-bond acceptors (Lipinski definition) is 4. The van der Waals surface area contributed by atoms with E-state index in [1.54, 1.807) is 7.11 Å². The summed E-state index contributed by atoms with van der Waals surface area (Å²) < 4.78 is 5.11.